The first kappa shape index (κ1) is 36.2. The van der Waals surface area contributed by atoms with Crippen molar-refractivity contribution in [3.8, 4) is 56.1 Å². The fourth-order valence-electron chi connectivity index (χ4n) is 10.1. The average molecular weight is 793 g/mol. The van der Waals surface area contributed by atoms with E-state index in [2.05, 4.69) is 231 Å². The Kier molecular flexibility index (Phi) is 8.14. The lowest BCUT2D eigenvalue weighted by Gasteiger charge is -2.20. The largest absolute Gasteiger partial charge is 0.308 e. The molecule has 0 amide bonds. The van der Waals surface area contributed by atoms with E-state index in [-0.39, 0.29) is 0 Å². The maximum absolute atomic E-state index is 2.53. The highest BCUT2D eigenvalue weighted by Gasteiger charge is 2.26. The van der Waals surface area contributed by atoms with Crippen LogP contribution in [0.25, 0.3) is 110 Å². The summed E-state index contributed by atoms with van der Waals surface area (Å²) in [5, 5.41) is 10.0. The van der Waals surface area contributed by atoms with Crippen molar-refractivity contribution in [1.29, 1.82) is 0 Å². The van der Waals surface area contributed by atoms with Crippen molar-refractivity contribution in [3.05, 3.63) is 216 Å². The Labute approximate surface area is 361 Å². The predicted octanol–water partition coefficient (Wildman–Crippen LogP) is 16.4. The predicted molar refractivity (Wildman–Crippen MR) is 265 cm³/mol. The molecular formula is C60H44N2. The van der Waals surface area contributed by atoms with E-state index < -0.39 is 0 Å². The van der Waals surface area contributed by atoms with E-state index in [1.807, 2.05) is 0 Å². The summed E-state index contributed by atoms with van der Waals surface area (Å²) in [6, 6.07) is 72.8. The van der Waals surface area contributed by atoms with E-state index >= 15 is 0 Å². The maximum Gasteiger partial charge on any atom is 0.0619 e. The Morgan fingerprint density at radius 2 is 0.597 bits per heavy atom. The van der Waals surface area contributed by atoms with Crippen molar-refractivity contribution >= 4 is 54.1 Å². The first-order chi connectivity index (χ1) is 30.4. The molecule has 0 aliphatic rings. The standard InChI is InChI=1S/C60H44N2/c1-37-13-21-43(22-14-37)57-47-9-5-7-11-51(47)61(59(57)45-25-17-39(3)18-26-45)53-35-31-41-30-34-50-54(36-32-42-29-33-49(53)55(41)56(42)50)62-52-12-8-6-10-48(52)58(44-23-15-38(2)16-24-44)60(62)46-27-19-40(4)20-28-46/h5-36H,1-4H3. The summed E-state index contributed by atoms with van der Waals surface area (Å²) in [5.41, 5.74) is 19.5. The van der Waals surface area contributed by atoms with E-state index in [1.165, 1.54) is 133 Å². The molecule has 0 bridgehead atoms. The van der Waals surface area contributed by atoms with E-state index in [0.29, 0.717) is 0 Å². The van der Waals surface area contributed by atoms with Crippen molar-refractivity contribution in [2.75, 3.05) is 0 Å². The second-order valence-electron chi connectivity index (χ2n) is 17.2. The lowest BCUT2D eigenvalue weighted by molar-refractivity contribution is 1.15. The first-order valence-corrected chi connectivity index (χ1v) is 21.7. The molecule has 0 N–H and O–H groups in total. The van der Waals surface area contributed by atoms with Crippen LogP contribution in [0.2, 0.25) is 0 Å². The highest BCUT2D eigenvalue weighted by Crippen LogP contribution is 2.48. The van der Waals surface area contributed by atoms with Gasteiger partial charge in [0.1, 0.15) is 0 Å². The molecule has 0 fully saturated rings. The van der Waals surface area contributed by atoms with Crippen LogP contribution in [-0.2, 0) is 0 Å². The Balaban J connectivity index is 1.18. The van der Waals surface area contributed by atoms with Crippen molar-refractivity contribution in [3.63, 3.8) is 0 Å². The third-order valence-electron chi connectivity index (χ3n) is 13.2. The zero-order valence-electron chi connectivity index (χ0n) is 35.4. The monoisotopic (exact) mass is 792 g/mol. The lowest BCUT2D eigenvalue weighted by Crippen LogP contribution is -2.01. The molecule has 0 radical (unpaired) electrons. The van der Waals surface area contributed by atoms with Gasteiger partial charge in [0, 0.05) is 32.7 Å². The van der Waals surface area contributed by atoms with E-state index in [9.17, 15) is 0 Å². The molecule has 0 saturated carbocycles. The van der Waals surface area contributed by atoms with Gasteiger partial charge in [-0.25, -0.2) is 0 Å². The van der Waals surface area contributed by atoms with Gasteiger partial charge in [-0.2, -0.15) is 0 Å². The van der Waals surface area contributed by atoms with Crippen molar-refractivity contribution in [2.24, 2.45) is 0 Å². The van der Waals surface area contributed by atoms with Crippen molar-refractivity contribution in [1.82, 2.24) is 9.13 Å². The van der Waals surface area contributed by atoms with Crippen LogP contribution in [-0.4, -0.2) is 9.13 Å². The van der Waals surface area contributed by atoms with E-state index in [1.54, 1.807) is 0 Å². The fraction of sp³-hybridized carbons (Fsp3) is 0.0667. The van der Waals surface area contributed by atoms with Gasteiger partial charge in [-0.05, 0) is 95.8 Å². The van der Waals surface area contributed by atoms with Crippen LogP contribution >= 0.6 is 0 Å². The van der Waals surface area contributed by atoms with Gasteiger partial charge in [0.05, 0.1) is 33.8 Å². The van der Waals surface area contributed by atoms with Gasteiger partial charge in [0.25, 0.3) is 0 Å². The second kappa shape index (κ2) is 13.9. The zero-order valence-corrected chi connectivity index (χ0v) is 35.4. The number of rotatable bonds is 6. The molecule has 12 aromatic rings. The molecule has 0 unspecified atom stereocenters. The number of fused-ring (bicyclic) bond motifs is 2. The average Bonchev–Trinajstić information content (AvgIpc) is 3.83. The Morgan fingerprint density at radius 1 is 0.274 bits per heavy atom. The summed E-state index contributed by atoms with van der Waals surface area (Å²) in [4.78, 5) is 0. The van der Waals surface area contributed by atoms with Crippen LogP contribution in [0.4, 0.5) is 0 Å². The smallest absolute Gasteiger partial charge is 0.0619 e. The third kappa shape index (κ3) is 5.50. The van der Waals surface area contributed by atoms with Crippen LogP contribution in [0.15, 0.2) is 194 Å². The van der Waals surface area contributed by atoms with Crippen LogP contribution in [0.3, 0.4) is 0 Å². The minimum absolute atomic E-state index is 1.18. The van der Waals surface area contributed by atoms with Gasteiger partial charge in [-0.3, -0.25) is 0 Å². The lowest BCUT2D eigenvalue weighted by atomic mass is 9.92. The molecule has 2 heteroatoms. The van der Waals surface area contributed by atoms with E-state index in [4.69, 9.17) is 0 Å². The zero-order chi connectivity index (χ0) is 41.6. The summed E-state index contributed by atoms with van der Waals surface area (Å²) in [6.45, 7) is 8.66. The minimum atomic E-state index is 1.18. The summed E-state index contributed by atoms with van der Waals surface area (Å²) < 4.78 is 5.07. The number of benzene rings is 10. The quantitative estimate of drug-likeness (QED) is 0.148. The van der Waals surface area contributed by atoms with Gasteiger partial charge in [-0.15, -0.1) is 0 Å². The van der Waals surface area contributed by atoms with Crippen LogP contribution < -0.4 is 0 Å². The molecule has 0 atom stereocenters. The summed E-state index contributed by atoms with van der Waals surface area (Å²) >= 11 is 0. The fourth-order valence-corrected chi connectivity index (χ4v) is 10.1. The first-order valence-electron chi connectivity index (χ1n) is 21.7. The van der Waals surface area contributed by atoms with Crippen molar-refractivity contribution < 1.29 is 0 Å². The SMILES string of the molecule is Cc1ccc(-c2c(-c3ccc(C)cc3)n(-c3ccc4ccc5c(-n6c(-c7ccc(C)cc7)c(-c7ccc(C)cc7)c7ccccc76)ccc6ccc3c4c65)c3ccccc23)cc1. The highest BCUT2D eigenvalue weighted by atomic mass is 15.0. The minimum Gasteiger partial charge on any atom is -0.308 e. The van der Waals surface area contributed by atoms with Gasteiger partial charge in [-0.1, -0.05) is 192 Å². The molecule has 0 aliphatic heterocycles. The molecule has 2 heterocycles. The molecule has 0 saturated heterocycles. The Hall–Kier alpha value is -7.68. The topological polar surface area (TPSA) is 9.86 Å². The third-order valence-corrected chi connectivity index (χ3v) is 13.2. The molecule has 10 aromatic carbocycles. The van der Waals surface area contributed by atoms with Gasteiger partial charge in [0.2, 0.25) is 0 Å². The molecule has 294 valence electrons. The molecule has 2 aromatic heterocycles. The summed E-state index contributed by atoms with van der Waals surface area (Å²) in [5.74, 6) is 0. The molecule has 62 heavy (non-hydrogen) atoms. The molecule has 0 spiro atoms. The number of nitrogens with zero attached hydrogens (tertiary/aromatic N) is 2. The van der Waals surface area contributed by atoms with Crippen LogP contribution in [0.5, 0.6) is 0 Å². The van der Waals surface area contributed by atoms with Gasteiger partial charge >= 0.3 is 0 Å². The van der Waals surface area contributed by atoms with Crippen LogP contribution in [0, 0.1) is 27.7 Å². The number of hydrogen-bond donors (Lipinski definition) is 0. The summed E-state index contributed by atoms with van der Waals surface area (Å²) in [6.07, 6.45) is 0. The van der Waals surface area contributed by atoms with Gasteiger partial charge in [0.15, 0.2) is 0 Å². The number of aryl methyl sites for hydroxylation is 4. The Morgan fingerprint density at radius 3 is 0.968 bits per heavy atom. The van der Waals surface area contributed by atoms with Gasteiger partial charge < -0.3 is 9.13 Å². The summed E-state index contributed by atoms with van der Waals surface area (Å²) in [7, 11) is 0. The number of aromatic nitrogens is 2. The second-order valence-corrected chi connectivity index (χ2v) is 17.2. The molecular weight excluding hydrogens is 749 g/mol. The molecule has 12 rings (SSSR count). The molecule has 0 aliphatic carbocycles. The van der Waals surface area contributed by atoms with E-state index in [0.717, 1.165) is 0 Å². The number of para-hydroxylation sites is 2. The van der Waals surface area contributed by atoms with Crippen molar-refractivity contribution in [2.45, 2.75) is 27.7 Å². The molecule has 2 nitrogen and oxygen atoms in total. The normalized spacial score (nSPS) is 11.9. The van der Waals surface area contributed by atoms with Crippen LogP contribution in [0.1, 0.15) is 22.3 Å². The Bertz CT molecular complexity index is 3430. The maximum atomic E-state index is 2.53. The number of hydrogen-bond acceptors (Lipinski definition) is 0. The highest BCUT2D eigenvalue weighted by molar-refractivity contribution is 6.26.